The number of benzene rings is 1. The minimum Gasteiger partial charge on any atom is -0.383 e. The van der Waals surface area contributed by atoms with E-state index in [1.54, 1.807) is 19.1 Å². The molecule has 1 N–H and O–H groups in total. The number of nitro benzene ring substituents is 1. The van der Waals surface area contributed by atoms with Crippen molar-refractivity contribution < 1.29 is 4.92 Å². The lowest BCUT2D eigenvalue weighted by molar-refractivity contribution is -0.385. The molecule has 1 aliphatic rings. The van der Waals surface area contributed by atoms with Gasteiger partial charge in [-0.1, -0.05) is 6.07 Å². The van der Waals surface area contributed by atoms with Crippen LogP contribution in [0.2, 0.25) is 0 Å². The number of likely N-dealkylation sites (N-methyl/N-ethyl adjacent to an activating group) is 1. The fraction of sp³-hybridized carbons (Fsp3) is 0.571. The van der Waals surface area contributed by atoms with E-state index in [4.69, 9.17) is 0 Å². The third-order valence-electron chi connectivity index (χ3n) is 3.91. The van der Waals surface area contributed by atoms with Crippen LogP contribution >= 0.6 is 0 Å². The number of nitro groups is 1. The van der Waals surface area contributed by atoms with E-state index in [0.29, 0.717) is 11.6 Å². The van der Waals surface area contributed by atoms with E-state index in [0.717, 1.165) is 18.3 Å². The molecule has 1 aromatic carbocycles. The van der Waals surface area contributed by atoms with Gasteiger partial charge in [0.05, 0.1) is 4.92 Å². The van der Waals surface area contributed by atoms with Crippen LogP contribution in [-0.2, 0) is 0 Å². The normalized spacial score (nSPS) is 16.4. The molecule has 0 radical (unpaired) electrons. The fourth-order valence-corrected chi connectivity index (χ4v) is 2.26. The van der Waals surface area contributed by atoms with Crippen molar-refractivity contribution in [1.82, 2.24) is 4.90 Å². The van der Waals surface area contributed by atoms with E-state index >= 15 is 0 Å². The summed E-state index contributed by atoms with van der Waals surface area (Å²) in [5.41, 5.74) is 1.73. The molecule has 5 nitrogen and oxygen atoms in total. The lowest BCUT2D eigenvalue weighted by atomic mass is 10.1. The van der Waals surface area contributed by atoms with Crippen LogP contribution in [0, 0.1) is 17.0 Å². The average Bonchev–Trinajstić information content (AvgIpc) is 3.20. The van der Waals surface area contributed by atoms with Gasteiger partial charge >= 0.3 is 0 Å². The minimum absolute atomic E-state index is 0.174. The maximum Gasteiger partial charge on any atom is 0.274 e. The molecule has 1 atom stereocenters. The molecule has 0 aliphatic heterocycles. The Labute approximate surface area is 113 Å². The molecule has 5 heteroatoms. The predicted molar refractivity (Wildman–Crippen MR) is 76.6 cm³/mol. The van der Waals surface area contributed by atoms with Crippen molar-refractivity contribution in [3.63, 3.8) is 0 Å². The van der Waals surface area contributed by atoms with E-state index in [1.165, 1.54) is 12.8 Å². The van der Waals surface area contributed by atoms with Crippen molar-refractivity contribution in [3.05, 3.63) is 33.9 Å². The van der Waals surface area contributed by atoms with Gasteiger partial charge in [0.15, 0.2) is 0 Å². The fourth-order valence-electron chi connectivity index (χ4n) is 2.26. The molecule has 0 amide bonds. The lowest BCUT2D eigenvalue weighted by Crippen LogP contribution is -2.36. The zero-order chi connectivity index (χ0) is 14.0. The van der Waals surface area contributed by atoms with Crippen LogP contribution in [0.3, 0.4) is 0 Å². The van der Waals surface area contributed by atoms with Crippen molar-refractivity contribution >= 4 is 11.4 Å². The van der Waals surface area contributed by atoms with Gasteiger partial charge in [-0.15, -0.1) is 0 Å². The smallest absolute Gasteiger partial charge is 0.274 e. The molecule has 1 aromatic rings. The number of hydrogen-bond acceptors (Lipinski definition) is 4. The van der Waals surface area contributed by atoms with Gasteiger partial charge in [-0.2, -0.15) is 0 Å². The van der Waals surface area contributed by atoms with Crippen molar-refractivity contribution in [3.8, 4) is 0 Å². The first-order chi connectivity index (χ1) is 9.00. The lowest BCUT2D eigenvalue weighted by Gasteiger charge is -2.25. The van der Waals surface area contributed by atoms with Crippen molar-refractivity contribution in [2.24, 2.45) is 0 Å². The first-order valence-corrected chi connectivity index (χ1v) is 6.70. The van der Waals surface area contributed by atoms with Crippen LogP contribution < -0.4 is 5.32 Å². The summed E-state index contributed by atoms with van der Waals surface area (Å²) in [4.78, 5) is 12.9. The Morgan fingerprint density at radius 2 is 2.21 bits per heavy atom. The number of nitrogens with one attached hydrogen (secondary N) is 1. The molecule has 1 fully saturated rings. The summed E-state index contributed by atoms with van der Waals surface area (Å²) in [6.45, 7) is 4.77. The van der Waals surface area contributed by atoms with Crippen LogP contribution in [0.15, 0.2) is 18.2 Å². The highest BCUT2D eigenvalue weighted by Crippen LogP contribution is 2.28. The molecular weight excluding hydrogens is 242 g/mol. The van der Waals surface area contributed by atoms with Crippen molar-refractivity contribution in [1.29, 1.82) is 0 Å². The monoisotopic (exact) mass is 263 g/mol. The Kier molecular flexibility index (Phi) is 4.04. The first-order valence-electron chi connectivity index (χ1n) is 6.70. The highest BCUT2D eigenvalue weighted by atomic mass is 16.6. The molecule has 0 heterocycles. The molecule has 2 rings (SSSR count). The molecule has 1 unspecified atom stereocenters. The van der Waals surface area contributed by atoms with Crippen LogP contribution in [0.5, 0.6) is 0 Å². The van der Waals surface area contributed by atoms with E-state index in [2.05, 4.69) is 24.2 Å². The van der Waals surface area contributed by atoms with Gasteiger partial charge in [0.1, 0.15) is 0 Å². The zero-order valence-electron chi connectivity index (χ0n) is 11.7. The first kappa shape index (κ1) is 13.8. The Hall–Kier alpha value is -1.62. The summed E-state index contributed by atoms with van der Waals surface area (Å²) < 4.78 is 0. The highest BCUT2D eigenvalue weighted by Gasteiger charge is 2.29. The Bertz CT molecular complexity index is 472. The summed E-state index contributed by atoms with van der Waals surface area (Å²) in [6.07, 6.45) is 2.58. The summed E-state index contributed by atoms with van der Waals surface area (Å²) in [7, 11) is 2.14. The number of nitrogens with zero attached hydrogens (tertiary/aromatic N) is 2. The largest absolute Gasteiger partial charge is 0.383 e. The van der Waals surface area contributed by atoms with Gasteiger partial charge in [0, 0.05) is 35.9 Å². The molecular formula is C14H21N3O2. The Balaban J connectivity index is 1.99. The van der Waals surface area contributed by atoms with Crippen LogP contribution in [0.25, 0.3) is 0 Å². The predicted octanol–water partition coefficient (Wildman–Crippen LogP) is 2.80. The van der Waals surface area contributed by atoms with Gasteiger partial charge in [-0.05, 0) is 39.8 Å². The SMILES string of the molecule is Cc1c(NCC(C)N(C)C2CC2)cccc1[N+](=O)[O-]. The Morgan fingerprint density at radius 3 is 2.79 bits per heavy atom. The second-order valence-electron chi connectivity index (χ2n) is 5.33. The van der Waals surface area contributed by atoms with E-state index in [1.807, 2.05) is 6.07 Å². The van der Waals surface area contributed by atoms with Gasteiger partial charge < -0.3 is 5.32 Å². The Morgan fingerprint density at radius 1 is 1.53 bits per heavy atom. The molecule has 0 saturated heterocycles. The van der Waals surface area contributed by atoms with Gasteiger partial charge in [0.2, 0.25) is 0 Å². The van der Waals surface area contributed by atoms with E-state index in [9.17, 15) is 10.1 Å². The zero-order valence-corrected chi connectivity index (χ0v) is 11.7. The third kappa shape index (κ3) is 3.23. The quantitative estimate of drug-likeness (QED) is 0.633. The third-order valence-corrected chi connectivity index (χ3v) is 3.91. The molecule has 0 aromatic heterocycles. The topological polar surface area (TPSA) is 58.4 Å². The summed E-state index contributed by atoms with van der Waals surface area (Å²) in [5.74, 6) is 0. The van der Waals surface area contributed by atoms with E-state index in [-0.39, 0.29) is 10.6 Å². The second-order valence-corrected chi connectivity index (χ2v) is 5.33. The molecule has 0 spiro atoms. The minimum atomic E-state index is -0.333. The molecule has 19 heavy (non-hydrogen) atoms. The summed E-state index contributed by atoms with van der Waals surface area (Å²) in [6, 6.07) is 6.31. The van der Waals surface area contributed by atoms with Crippen molar-refractivity contribution in [2.75, 3.05) is 18.9 Å². The standard InChI is InChI=1S/C14H21N3O2/c1-10(16(3)12-7-8-12)9-15-13-5-4-6-14(11(13)2)17(18)19/h4-6,10,12,15H,7-9H2,1-3H3. The van der Waals surface area contributed by atoms with Gasteiger partial charge in [-0.3, -0.25) is 15.0 Å². The van der Waals surface area contributed by atoms with Gasteiger partial charge in [0.25, 0.3) is 5.69 Å². The molecule has 0 bridgehead atoms. The maximum atomic E-state index is 10.9. The second kappa shape index (κ2) is 5.57. The number of rotatable bonds is 6. The van der Waals surface area contributed by atoms with Crippen LogP contribution in [0.1, 0.15) is 25.3 Å². The van der Waals surface area contributed by atoms with E-state index < -0.39 is 0 Å². The number of anilines is 1. The molecule has 1 saturated carbocycles. The summed E-state index contributed by atoms with van der Waals surface area (Å²) in [5, 5.41) is 14.2. The van der Waals surface area contributed by atoms with Crippen LogP contribution in [-0.4, -0.2) is 35.5 Å². The maximum absolute atomic E-state index is 10.9. The highest BCUT2D eigenvalue weighted by molar-refractivity contribution is 5.59. The molecule has 1 aliphatic carbocycles. The van der Waals surface area contributed by atoms with Crippen molar-refractivity contribution in [2.45, 2.75) is 38.8 Å². The average molecular weight is 263 g/mol. The number of hydrogen-bond donors (Lipinski definition) is 1. The molecule has 104 valence electrons. The van der Waals surface area contributed by atoms with Crippen LogP contribution in [0.4, 0.5) is 11.4 Å². The van der Waals surface area contributed by atoms with Gasteiger partial charge in [-0.25, -0.2) is 0 Å². The summed E-state index contributed by atoms with van der Waals surface area (Å²) >= 11 is 0.